The third-order valence-corrected chi connectivity index (χ3v) is 2.64. The minimum Gasteiger partial charge on any atom is -0.481 e. The van der Waals surface area contributed by atoms with Gasteiger partial charge in [0.15, 0.2) is 0 Å². The summed E-state index contributed by atoms with van der Waals surface area (Å²) in [5.41, 5.74) is -0.357. The normalized spacial score (nSPS) is 10.7. The fraction of sp³-hybridized carbons (Fsp3) is 0.250. The predicted octanol–water partition coefficient (Wildman–Crippen LogP) is 2.90. The van der Waals surface area contributed by atoms with Crippen molar-refractivity contribution in [2.24, 2.45) is 0 Å². The molecule has 1 rings (SSSR count). The highest BCUT2D eigenvalue weighted by Gasteiger charge is 2.20. The Labute approximate surface area is 103 Å². The Morgan fingerprint density at radius 2 is 2.27 bits per heavy atom. The number of carboxylic acids is 1. The van der Waals surface area contributed by atoms with Crippen molar-refractivity contribution in [2.45, 2.75) is 12.8 Å². The Balaban J connectivity index is 3.26. The Morgan fingerprint density at radius 3 is 2.73 bits per heavy atom. The quantitative estimate of drug-likeness (QED) is 0.676. The molecule has 7 heteroatoms. The van der Waals surface area contributed by atoms with Gasteiger partial charge in [0.25, 0.3) is 6.43 Å². The van der Waals surface area contributed by atoms with Crippen LogP contribution < -0.4 is 0 Å². The zero-order valence-corrected chi connectivity index (χ0v) is 10.1. The maximum atomic E-state index is 12.6. The third-order valence-electron chi connectivity index (χ3n) is 1.63. The van der Waals surface area contributed by atoms with Gasteiger partial charge in [-0.25, -0.2) is 13.8 Å². The van der Waals surface area contributed by atoms with Crippen molar-refractivity contribution in [2.75, 3.05) is 0 Å². The van der Waals surface area contributed by atoms with Crippen molar-refractivity contribution in [3.63, 3.8) is 0 Å². The fourth-order valence-electron chi connectivity index (χ4n) is 1.08. The number of pyridine rings is 1. The van der Waals surface area contributed by atoms with Crippen molar-refractivity contribution in [1.29, 1.82) is 0 Å². The summed E-state index contributed by atoms with van der Waals surface area (Å²) < 4.78 is 25.2. The van der Waals surface area contributed by atoms with Crippen LogP contribution in [0.3, 0.4) is 0 Å². The van der Waals surface area contributed by atoms with Gasteiger partial charge in [-0.15, -0.1) is 0 Å². The molecule has 0 saturated heterocycles. The minimum atomic E-state index is -2.75. The molecule has 0 aliphatic heterocycles. The van der Waals surface area contributed by atoms with Crippen molar-refractivity contribution in [3.8, 4) is 0 Å². The molecule has 3 nitrogen and oxygen atoms in total. The number of carboxylic acid groups (broad SMARTS) is 1. The first-order valence-electron chi connectivity index (χ1n) is 3.76. The summed E-state index contributed by atoms with van der Waals surface area (Å²) in [6, 6.07) is 1.15. The largest absolute Gasteiger partial charge is 0.481 e. The molecule has 0 spiro atoms. The van der Waals surface area contributed by atoms with Gasteiger partial charge in [-0.2, -0.15) is 0 Å². The van der Waals surface area contributed by atoms with Crippen LogP contribution in [0.15, 0.2) is 6.07 Å². The molecule has 0 fully saturated rings. The van der Waals surface area contributed by atoms with Gasteiger partial charge >= 0.3 is 5.97 Å². The van der Waals surface area contributed by atoms with E-state index in [1.54, 1.807) is 22.6 Å². The summed E-state index contributed by atoms with van der Waals surface area (Å²) in [7, 11) is 0. The lowest BCUT2D eigenvalue weighted by Crippen LogP contribution is -2.07. The van der Waals surface area contributed by atoms with E-state index in [0.717, 1.165) is 6.07 Å². The van der Waals surface area contributed by atoms with Gasteiger partial charge in [-0.05, 0) is 34.2 Å². The number of carbonyl (C=O) groups is 1. The lowest BCUT2D eigenvalue weighted by Gasteiger charge is -2.09. The number of aromatic nitrogens is 1. The number of aliphatic carboxylic acids is 1. The SMILES string of the molecule is O=C(O)Cc1cc(Cl)nc(I)c1C(F)F. The van der Waals surface area contributed by atoms with Crippen LogP contribution in [0.2, 0.25) is 5.15 Å². The summed E-state index contributed by atoms with van der Waals surface area (Å²) in [6.45, 7) is 0. The lowest BCUT2D eigenvalue weighted by molar-refractivity contribution is -0.136. The molecule has 1 aromatic heterocycles. The zero-order chi connectivity index (χ0) is 11.6. The van der Waals surface area contributed by atoms with E-state index >= 15 is 0 Å². The van der Waals surface area contributed by atoms with E-state index in [0.29, 0.717) is 0 Å². The molecule has 1 heterocycles. The zero-order valence-electron chi connectivity index (χ0n) is 7.18. The standard InChI is InChI=1S/C8H5ClF2INO2/c9-4-1-3(2-5(14)15)6(7(10)11)8(12)13-4/h1,7H,2H2,(H,14,15). The number of hydrogen-bond donors (Lipinski definition) is 1. The Kier molecular flexibility index (Phi) is 4.21. The molecule has 0 radical (unpaired) electrons. The van der Waals surface area contributed by atoms with Gasteiger partial charge < -0.3 is 5.11 Å². The van der Waals surface area contributed by atoms with Gasteiger partial charge in [-0.3, -0.25) is 4.79 Å². The van der Waals surface area contributed by atoms with E-state index in [1.807, 2.05) is 0 Å². The first kappa shape index (κ1) is 12.6. The molecule has 0 aliphatic carbocycles. The van der Waals surface area contributed by atoms with Crippen molar-refractivity contribution < 1.29 is 18.7 Å². The van der Waals surface area contributed by atoms with Crippen LogP contribution in [0.25, 0.3) is 0 Å². The van der Waals surface area contributed by atoms with Gasteiger partial charge in [-0.1, -0.05) is 11.6 Å². The Hall–Kier alpha value is -0.500. The summed E-state index contributed by atoms with van der Waals surface area (Å²) in [4.78, 5) is 14.1. The van der Waals surface area contributed by atoms with Crippen LogP contribution in [0.4, 0.5) is 8.78 Å². The first-order valence-corrected chi connectivity index (χ1v) is 5.22. The predicted molar refractivity (Wildman–Crippen MR) is 58.3 cm³/mol. The molecule has 0 amide bonds. The van der Waals surface area contributed by atoms with Crippen LogP contribution in [-0.2, 0) is 11.2 Å². The molecule has 0 saturated carbocycles. The van der Waals surface area contributed by atoms with E-state index in [-0.39, 0.29) is 20.0 Å². The molecule has 82 valence electrons. The second-order valence-electron chi connectivity index (χ2n) is 2.68. The van der Waals surface area contributed by atoms with Gasteiger partial charge in [0, 0.05) is 0 Å². The third kappa shape index (κ3) is 3.23. The van der Waals surface area contributed by atoms with E-state index in [2.05, 4.69) is 4.98 Å². The molecule has 15 heavy (non-hydrogen) atoms. The molecule has 0 unspecified atom stereocenters. The van der Waals surface area contributed by atoms with Crippen molar-refractivity contribution >= 4 is 40.2 Å². The number of rotatable bonds is 3. The molecule has 1 N–H and O–H groups in total. The smallest absolute Gasteiger partial charge is 0.307 e. The molecular weight excluding hydrogens is 342 g/mol. The molecule has 0 aliphatic rings. The summed E-state index contributed by atoms with van der Waals surface area (Å²) in [5, 5.41) is 8.56. The van der Waals surface area contributed by atoms with Crippen molar-refractivity contribution in [1.82, 2.24) is 4.98 Å². The highest BCUT2D eigenvalue weighted by Crippen LogP contribution is 2.29. The molecule has 0 aromatic carbocycles. The average Bonchev–Trinajstić information content (AvgIpc) is 1.99. The van der Waals surface area contributed by atoms with Gasteiger partial charge in [0.05, 0.1) is 12.0 Å². The number of hydrogen-bond acceptors (Lipinski definition) is 2. The second-order valence-corrected chi connectivity index (χ2v) is 4.09. The minimum absolute atomic E-state index is 0.00176. The van der Waals surface area contributed by atoms with Crippen LogP contribution in [-0.4, -0.2) is 16.1 Å². The highest BCUT2D eigenvalue weighted by atomic mass is 127. The Bertz CT molecular complexity index is 400. The second kappa shape index (κ2) is 5.02. The summed E-state index contributed by atoms with van der Waals surface area (Å²) in [6.07, 6.45) is -3.24. The monoisotopic (exact) mass is 347 g/mol. The number of halogens is 4. The fourth-order valence-corrected chi connectivity index (χ4v) is 2.28. The summed E-state index contributed by atoms with van der Waals surface area (Å²) in [5.74, 6) is -1.19. The van der Waals surface area contributed by atoms with Crippen LogP contribution >= 0.6 is 34.2 Å². The van der Waals surface area contributed by atoms with Crippen LogP contribution in [0.1, 0.15) is 17.6 Å². The Morgan fingerprint density at radius 1 is 1.67 bits per heavy atom. The first-order chi connectivity index (χ1) is 6.91. The lowest BCUT2D eigenvalue weighted by atomic mass is 10.1. The van der Waals surface area contributed by atoms with Crippen LogP contribution in [0, 0.1) is 3.70 Å². The van der Waals surface area contributed by atoms with Crippen LogP contribution in [0.5, 0.6) is 0 Å². The van der Waals surface area contributed by atoms with Crippen molar-refractivity contribution in [3.05, 3.63) is 26.0 Å². The topological polar surface area (TPSA) is 50.2 Å². The maximum Gasteiger partial charge on any atom is 0.307 e. The maximum absolute atomic E-state index is 12.6. The summed E-state index contributed by atoms with van der Waals surface area (Å²) >= 11 is 7.16. The van der Waals surface area contributed by atoms with Gasteiger partial charge in [0.2, 0.25) is 0 Å². The van der Waals surface area contributed by atoms with E-state index in [1.165, 1.54) is 0 Å². The van der Waals surface area contributed by atoms with Gasteiger partial charge in [0.1, 0.15) is 8.85 Å². The molecular formula is C8H5ClF2INO2. The number of alkyl halides is 2. The van der Waals surface area contributed by atoms with E-state index in [9.17, 15) is 13.6 Å². The van der Waals surface area contributed by atoms with E-state index in [4.69, 9.17) is 16.7 Å². The highest BCUT2D eigenvalue weighted by molar-refractivity contribution is 14.1. The number of nitrogens with zero attached hydrogens (tertiary/aromatic N) is 1. The molecule has 0 atom stereocenters. The van der Waals surface area contributed by atoms with E-state index < -0.39 is 18.8 Å². The molecule has 1 aromatic rings. The molecule has 0 bridgehead atoms. The average molecular weight is 347 g/mol.